The number of carbonyl (C=O) groups is 2. The molecule has 1 aliphatic heterocycles. The molecule has 4 heteroatoms. The van der Waals surface area contributed by atoms with Gasteiger partial charge in [0.05, 0.1) is 6.61 Å². The summed E-state index contributed by atoms with van der Waals surface area (Å²) in [5, 5.41) is 0. The number of benzene rings is 1. The van der Waals surface area contributed by atoms with Gasteiger partial charge in [-0.05, 0) is 37.1 Å². The summed E-state index contributed by atoms with van der Waals surface area (Å²) in [5.41, 5.74) is 1.69. The first-order valence-corrected chi connectivity index (χ1v) is 6.68. The van der Waals surface area contributed by atoms with E-state index in [9.17, 15) is 9.59 Å². The number of esters is 1. The Hall–Kier alpha value is -1.29. The van der Waals surface area contributed by atoms with E-state index in [2.05, 4.69) is 0 Å². The van der Waals surface area contributed by atoms with Gasteiger partial charge < -0.3 is 4.74 Å². The minimum atomic E-state index is -0.770. The van der Waals surface area contributed by atoms with Gasteiger partial charge in [-0.3, -0.25) is 4.79 Å². The van der Waals surface area contributed by atoms with Crippen LogP contribution in [0.5, 0.6) is 0 Å². The van der Waals surface area contributed by atoms with E-state index in [1.807, 2.05) is 6.07 Å². The maximum absolute atomic E-state index is 11.7. The van der Waals surface area contributed by atoms with Crippen LogP contribution in [-0.4, -0.2) is 24.1 Å². The molecule has 0 aromatic heterocycles. The minimum Gasteiger partial charge on any atom is -0.460 e. The zero-order valence-electron chi connectivity index (χ0n) is 9.69. The van der Waals surface area contributed by atoms with Gasteiger partial charge in [-0.1, -0.05) is 12.1 Å². The van der Waals surface area contributed by atoms with Crippen molar-refractivity contribution in [3.63, 3.8) is 0 Å². The molecule has 17 heavy (non-hydrogen) atoms. The molecular weight excluding hydrogens is 236 g/mol. The summed E-state index contributed by atoms with van der Waals surface area (Å²) in [6.07, 6.45) is 2.22. The topological polar surface area (TPSA) is 43.4 Å². The highest BCUT2D eigenvalue weighted by Crippen LogP contribution is 2.30. The van der Waals surface area contributed by atoms with Gasteiger partial charge in [0.25, 0.3) is 5.78 Å². The van der Waals surface area contributed by atoms with E-state index >= 15 is 0 Å². The fraction of sp³-hybridized carbons (Fsp3) is 0.385. The van der Waals surface area contributed by atoms with E-state index in [-0.39, 0.29) is 6.61 Å². The van der Waals surface area contributed by atoms with Crippen LogP contribution in [0.2, 0.25) is 0 Å². The number of aryl methyl sites for hydroxylation is 1. The number of hydrogen-bond acceptors (Lipinski definition) is 4. The van der Waals surface area contributed by atoms with Crippen LogP contribution in [0.3, 0.4) is 0 Å². The highest BCUT2D eigenvalue weighted by atomic mass is 32.2. The molecule has 0 amide bonds. The van der Waals surface area contributed by atoms with E-state index in [1.165, 1.54) is 12.0 Å². The average Bonchev–Trinajstić information content (AvgIpc) is 2.37. The lowest BCUT2D eigenvalue weighted by Crippen LogP contribution is -2.17. The quantitative estimate of drug-likeness (QED) is 0.469. The van der Waals surface area contributed by atoms with Crippen molar-refractivity contribution in [3.8, 4) is 0 Å². The Kier molecular flexibility index (Phi) is 3.84. The molecule has 1 aliphatic rings. The fourth-order valence-electron chi connectivity index (χ4n) is 1.80. The predicted molar refractivity (Wildman–Crippen MR) is 66.5 cm³/mol. The summed E-state index contributed by atoms with van der Waals surface area (Å²) in [7, 11) is 0. The van der Waals surface area contributed by atoms with Gasteiger partial charge in [0, 0.05) is 10.5 Å². The van der Waals surface area contributed by atoms with Crippen LogP contribution in [0, 0.1) is 0 Å². The summed E-state index contributed by atoms with van der Waals surface area (Å²) in [5.74, 6) is -0.251. The Balaban J connectivity index is 2.22. The molecular formula is C13H14O3S. The van der Waals surface area contributed by atoms with E-state index in [1.54, 1.807) is 30.8 Å². The molecule has 2 rings (SSSR count). The van der Waals surface area contributed by atoms with Crippen LogP contribution in [0.1, 0.15) is 29.3 Å². The van der Waals surface area contributed by atoms with Crippen molar-refractivity contribution in [1.82, 2.24) is 0 Å². The van der Waals surface area contributed by atoms with Crippen molar-refractivity contribution in [1.29, 1.82) is 0 Å². The second-order valence-corrected chi connectivity index (χ2v) is 4.96. The number of thioether (sulfide) groups is 1. The lowest BCUT2D eigenvalue weighted by molar-refractivity contribution is -0.137. The Morgan fingerprint density at radius 3 is 3.00 bits per heavy atom. The highest BCUT2D eigenvalue weighted by molar-refractivity contribution is 7.99. The molecule has 0 radical (unpaired) electrons. The molecule has 0 spiro atoms. The second kappa shape index (κ2) is 5.36. The molecule has 0 aliphatic carbocycles. The summed E-state index contributed by atoms with van der Waals surface area (Å²) in [6, 6.07) is 5.45. The van der Waals surface area contributed by atoms with E-state index in [0.29, 0.717) is 5.56 Å². The van der Waals surface area contributed by atoms with Crippen LogP contribution in [0.15, 0.2) is 23.1 Å². The van der Waals surface area contributed by atoms with Gasteiger partial charge in [0.15, 0.2) is 0 Å². The minimum absolute atomic E-state index is 0.226. The normalized spacial score (nSPS) is 13.9. The third-order valence-electron chi connectivity index (χ3n) is 2.64. The van der Waals surface area contributed by atoms with Gasteiger partial charge in [-0.15, -0.1) is 11.8 Å². The van der Waals surface area contributed by atoms with Crippen molar-refractivity contribution in [3.05, 3.63) is 29.3 Å². The Morgan fingerprint density at radius 2 is 2.24 bits per heavy atom. The molecule has 1 aromatic rings. The standard InChI is InChI=1S/C13H14O3S/c1-2-16-13(15)12(14)10-6-5-9-4-3-7-17-11(9)8-10/h5-6,8H,2-4,7H2,1H3. The summed E-state index contributed by atoms with van der Waals surface area (Å²) < 4.78 is 4.71. The number of ether oxygens (including phenoxy) is 1. The number of ketones is 1. The molecule has 0 N–H and O–H groups in total. The predicted octanol–water partition coefficient (Wildman–Crippen LogP) is 2.47. The van der Waals surface area contributed by atoms with Crippen molar-refractivity contribution in [2.45, 2.75) is 24.7 Å². The first kappa shape index (κ1) is 12.2. The monoisotopic (exact) mass is 250 g/mol. The van der Waals surface area contributed by atoms with Gasteiger partial charge in [-0.2, -0.15) is 0 Å². The van der Waals surface area contributed by atoms with E-state index in [0.717, 1.165) is 17.1 Å². The number of hydrogen-bond donors (Lipinski definition) is 0. The lowest BCUT2D eigenvalue weighted by atomic mass is 10.0. The van der Waals surface area contributed by atoms with Crippen LogP contribution in [0.25, 0.3) is 0 Å². The fourth-order valence-corrected chi connectivity index (χ4v) is 2.87. The molecule has 0 atom stereocenters. The smallest absolute Gasteiger partial charge is 0.379 e. The van der Waals surface area contributed by atoms with Gasteiger partial charge in [-0.25, -0.2) is 4.79 Å². The van der Waals surface area contributed by atoms with Crippen LogP contribution < -0.4 is 0 Å². The van der Waals surface area contributed by atoms with Crippen LogP contribution in [-0.2, 0) is 16.0 Å². The maximum atomic E-state index is 11.7. The molecule has 0 saturated heterocycles. The van der Waals surface area contributed by atoms with Crippen LogP contribution in [0.4, 0.5) is 0 Å². The number of carbonyl (C=O) groups excluding carboxylic acids is 2. The van der Waals surface area contributed by atoms with Crippen LogP contribution >= 0.6 is 11.8 Å². The number of rotatable bonds is 3. The van der Waals surface area contributed by atoms with E-state index < -0.39 is 11.8 Å². The molecule has 0 unspecified atom stereocenters. The molecule has 90 valence electrons. The van der Waals surface area contributed by atoms with E-state index in [4.69, 9.17) is 4.74 Å². The summed E-state index contributed by atoms with van der Waals surface area (Å²) >= 11 is 1.74. The van der Waals surface area contributed by atoms with Gasteiger partial charge in [0.2, 0.25) is 0 Å². The molecule has 1 heterocycles. The van der Waals surface area contributed by atoms with Crippen molar-refractivity contribution in [2.75, 3.05) is 12.4 Å². The van der Waals surface area contributed by atoms with Crippen molar-refractivity contribution >= 4 is 23.5 Å². The SMILES string of the molecule is CCOC(=O)C(=O)c1ccc2c(c1)SCCC2. The van der Waals surface area contributed by atoms with Gasteiger partial charge in [0.1, 0.15) is 0 Å². The lowest BCUT2D eigenvalue weighted by Gasteiger charge is -2.15. The zero-order valence-corrected chi connectivity index (χ0v) is 10.5. The first-order valence-electron chi connectivity index (χ1n) is 5.69. The Morgan fingerprint density at radius 1 is 1.41 bits per heavy atom. The van der Waals surface area contributed by atoms with Gasteiger partial charge >= 0.3 is 5.97 Å². The summed E-state index contributed by atoms with van der Waals surface area (Å²) in [4.78, 5) is 24.2. The molecule has 3 nitrogen and oxygen atoms in total. The molecule has 0 saturated carbocycles. The maximum Gasteiger partial charge on any atom is 0.379 e. The third-order valence-corrected chi connectivity index (χ3v) is 3.82. The zero-order chi connectivity index (χ0) is 12.3. The Labute approximate surface area is 105 Å². The summed E-state index contributed by atoms with van der Waals surface area (Å²) in [6.45, 7) is 1.91. The second-order valence-electron chi connectivity index (χ2n) is 3.82. The first-order chi connectivity index (χ1) is 8.22. The number of fused-ring (bicyclic) bond motifs is 1. The highest BCUT2D eigenvalue weighted by Gasteiger charge is 2.19. The van der Waals surface area contributed by atoms with Crippen molar-refractivity contribution < 1.29 is 14.3 Å². The van der Waals surface area contributed by atoms with Crippen molar-refractivity contribution in [2.24, 2.45) is 0 Å². The Bertz CT molecular complexity index is 454. The average molecular weight is 250 g/mol. The molecule has 0 fully saturated rings. The third kappa shape index (κ3) is 2.69. The largest absolute Gasteiger partial charge is 0.460 e. The molecule has 0 bridgehead atoms. The number of Topliss-reactive ketones (excluding diaryl/α,β-unsaturated/α-hetero) is 1. The molecule has 1 aromatic carbocycles.